The summed E-state index contributed by atoms with van der Waals surface area (Å²) >= 11 is 0. The van der Waals surface area contributed by atoms with Crippen LogP contribution in [0, 0.1) is 0 Å². The molecule has 136 valence electrons. The van der Waals surface area contributed by atoms with Crippen molar-refractivity contribution in [2.45, 2.75) is 26.4 Å². The molecule has 0 spiro atoms. The van der Waals surface area contributed by atoms with Gasteiger partial charge in [0.15, 0.2) is 0 Å². The second-order valence-corrected chi connectivity index (χ2v) is 6.48. The number of hydrogen-bond acceptors (Lipinski definition) is 4. The number of imide groups is 1. The van der Waals surface area contributed by atoms with Gasteiger partial charge < -0.3 is 10.1 Å². The molecule has 2 rings (SSSR count). The third-order valence-corrected chi connectivity index (χ3v) is 3.03. The highest BCUT2D eigenvalue weighted by Crippen LogP contribution is 2.16. The Morgan fingerprint density at radius 3 is 2.08 bits per heavy atom. The molecular formula is C19H21N3O4. The molecule has 0 aromatic heterocycles. The van der Waals surface area contributed by atoms with Crippen molar-refractivity contribution in [3.63, 3.8) is 0 Å². The number of nitrogens with one attached hydrogen (secondary N) is 3. The van der Waals surface area contributed by atoms with Crippen molar-refractivity contribution in [3.8, 4) is 0 Å². The minimum absolute atomic E-state index is 0.378. The van der Waals surface area contributed by atoms with E-state index in [0.29, 0.717) is 16.9 Å². The summed E-state index contributed by atoms with van der Waals surface area (Å²) in [6.45, 7) is 5.29. The largest absolute Gasteiger partial charge is 0.444 e. The van der Waals surface area contributed by atoms with Gasteiger partial charge in [0.05, 0.1) is 0 Å². The number of benzene rings is 2. The quantitative estimate of drug-likeness (QED) is 0.775. The maximum absolute atomic E-state index is 12.0. The fourth-order valence-corrected chi connectivity index (χ4v) is 2.02. The lowest BCUT2D eigenvalue weighted by Crippen LogP contribution is -2.34. The summed E-state index contributed by atoms with van der Waals surface area (Å²) in [5.74, 6) is -0.508. The van der Waals surface area contributed by atoms with Gasteiger partial charge in [0.2, 0.25) is 0 Å². The first-order valence-electron chi connectivity index (χ1n) is 8.00. The normalized spacial score (nSPS) is 10.6. The molecule has 0 bridgehead atoms. The third kappa shape index (κ3) is 6.27. The lowest BCUT2D eigenvalue weighted by atomic mass is 10.2. The van der Waals surface area contributed by atoms with Crippen LogP contribution in [0.5, 0.6) is 0 Å². The van der Waals surface area contributed by atoms with Crippen LogP contribution in [0.2, 0.25) is 0 Å². The lowest BCUT2D eigenvalue weighted by Gasteiger charge is -2.19. The molecule has 7 nitrogen and oxygen atoms in total. The first kappa shape index (κ1) is 19.0. The summed E-state index contributed by atoms with van der Waals surface area (Å²) in [6.07, 6.45) is -0.599. The second-order valence-electron chi connectivity index (χ2n) is 6.48. The van der Waals surface area contributed by atoms with E-state index in [4.69, 9.17) is 4.74 Å². The Morgan fingerprint density at radius 1 is 0.846 bits per heavy atom. The first-order chi connectivity index (χ1) is 12.2. The predicted octanol–water partition coefficient (Wildman–Crippen LogP) is 4.00. The lowest BCUT2D eigenvalue weighted by molar-refractivity contribution is 0.0635. The van der Waals surface area contributed by atoms with Gasteiger partial charge in [-0.25, -0.2) is 9.59 Å². The van der Waals surface area contributed by atoms with Gasteiger partial charge in [-0.2, -0.15) is 0 Å². The minimum atomic E-state index is -0.673. The smallest absolute Gasteiger partial charge is 0.412 e. The van der Waals surface area contributed by atoms with Crippen molar-refractivity contribution in [2.24, 2.45) is 0 Å². The maximum Gasteiger partial charge on any atom is 0.412 e. The molecule has 0 unspecified atom stereocenters. The maximum atomic E-state index is 12.0. The minimum Gasteiger partial charge on any atom is -0.444 e. The Labute approximate surface area is 151 Å². The highest BCUT2D eigenvalue weighted by Gasteiger charge is 2.16. The summed E-state index contributed by atoms with van der Waals surface area (Å²) in [6, 6.07) is 14.2. The number of hydrogen-bond donors (Lipinski definition) is 3. The van der Waals surface area contributed by atoms with E-state index in [2.05, 4.69) is 16.0 Å². The van der Waals surface area contributed by atoms with Gasteiger partial charge >= 0.3 is 12.1 Å². The topological polar surface area (TPSA) is 96.5 Å². The van der Waals surface area contributed by atoms with Gasteiger partial charge in [-0.05, 0) is 51.1 Å². The van der Waals surface area contributed by atoms with E-state index in [0.717, 1.165) is 0 Å². The summed E-state index contributed by atoms with van der Waals surface area (Å²) < 4.78 is 5.17. The predicted molar refractivity (Wildman–Crippen MR) is 99.2 cm³/mol. The van der Waals surface area contributed by atoms with Crippen LogP contribution >= 0.6 is 0 Å². The monoisotopic (exact) mass is 355 g/mol. The molecule has 26 heavy (non-hydrogen) atoms. The van der Waals surface area contributed by atoms with E-state index in [-0.39, 0.29) is 0 Å². The average molecular weight is 355 g/mol. The Kier molecular flexibility index (Phi) is 5.95. The second kappa shape index (κ2) is 8.15. The molecule has 3 N–H and O–H groups in total. The Morgan fingerprint density at radius 2 is 1.46 bits per heavy atom. The van der Waals surface area contributed by atoms with Gasteiger partial charge in [-0.3, -0.25) is 15.4 Å². The molecule has 0 aliphatic rings. The number of rotatable bonds is 3. The van der Waals surface area contributed by atoms with Crippen LogP contribution in [-0.4, -0.2) is 23.6 Å². The summed E-state index contributed by atoms with van der Waals surface area (Å²) in [7, 11) is 0. The molecule has 7 heteroatoms. The zero-order valence-corrected chi connectivity index (χ0v) is 14.8. The van der Waals surface area contributed by atoms with Crippen LogP contribution in [0.4, 0.5) is 21.0 Å². The molecule has 2 aromatic rings. The molecule has 0 saturated carbocycles. The van der Waals surface area contributed by atoms with E-state index in [9.17, 15) is 14.4 Å². The van der Waals surface area contributed by atoms with Crippen molar-refractivity contribution < 1.29 is 19.1 Å². The van der Waals surface area contributed by atoms with Crippen LogP contribution in [0.25, 0.3) is 0 Å². The SMILES string of the molecule is CC(C)(C)OC(=O)Nc1cccc(NC(=O)NC(=O)c2ccccc2)c1. The molecule has 0 atom stereocenters. The zero-order chi connectivity index (χ0) is 19.2. The fourth-order valence-electron chi connectivity index (χ4n) is 2.02. The van der Waals surface area contributed by atoms with Crippen LogP contribution in [-0.2, 0) is 4.74 Å². The molecule has 0 heterocycles. The van der Waals surface area contributed by atoms with E-state index >= 15 is 0 Å². The number of urea groups is 1. The standard InChI is InChI=1S/C19H21N3O4/c1-19(2,3)26-18(25)21-15-11-7-10-14(12-15)20-17(24)22-16(23)13-8-5-4-6-9-13/h4-12H,1-3H3,(H,21,25)(H2,20,22,23,24). The van der Waals surface area contributed by atoms with E-state index in [1.54, 1.807) is 75.4 Å². The number of amides is 4. The van der Waals surface area contributed by atoms with Gasteiger partial charge in [0, 0.05) is 16.9 Å². The van der Waals surface area contributed by atoms with Crippen molar-refractivity contribution in [1.29, 1.82) is 0 Å². The molecule has 4 amide bonds. The highest BCUT2D eigenvalue weighted by molar-refractivity contribution is 6.08. The van der Waals surface area contributed by atoms with Gasteiger partial charge in [-0.15, -0.1) is 0 Å². The van der Waals surface area contributed by atoms with E-state index < -0.39 is 23.6 Å². The molecule has 0 aliphatic heterocycles. The van der Waals surface area contributed by atoms with Gasteiger partial charge in [0.25, 0.3) is 5.91 Å². The summed E-state index contributed by atoms with van der Waals surface area (Å²) in [4.78, 5) is 35.7. The van der Waals surface area contributed by atoms with Crippen LogP contribution in [0.15, 0.2) is 54.6 Å². The van der Waals surface area contributed by atoms with Crippen molar-refractivity contribution in [2.75, 3.05) is 10.6 Å². The van der Waals surface area contributed by atoms with E-state index in [1.165, 1.54) is 0 Å². The van der Waals surface area contributed by atoms with E-state index in [1.807, 2.05) is 0 Å². The molecule has 0 fully saturated rings. The molecule has 2 aromatic carbocycles. The fraction of sp³-hybridized carbons (Fsp3) is 0.211. The molecular weight excluding hydrogens is 334 g/mol. The van der Waals surface area contributed by atoms with Crippen LogP contribution in [0.1, 0.15) is 31.1 Å². The number of ether oxygens (including phenoxy) is 1. The Bertz CT molecular complexity index is 798. The molecule has 0 aliphatic carbocycles. The third-order valence-electron chi connectivity index (χ3n) is 3.03. The number of carbonyl (C=O) groups excluding carboxylic acids is 3. The van der Waals surface area contributed by atoms with Crippen molar-refractivity contribution in [1.82, 2.24) is 5.32 Å². The number of anilines is 2. The number of carbonyl (C=O) groups is 3. The van der Waals surface area contributed by atoms with Crippen LogP contribution in [0.3, 0.4) is 0 Å². The molecule has 0 saturated heterocycles. The first-order valence-corrected chi connectivity index (χ1v) is 8.00. The summed E-state index contributed by atoms with van der Waals surface area (Å²) in [5, 5.41) is 7.36. The summed E-state index contributed by atoms with van der Waals surface area (Å²) in [5.41, 5.74) is 0.629. The van der Waals surface area contributed by atoms with Crippen molar-refractivity contribution in [3.05, 3.63) is 60.2 Å². The zero-order valence-electron chi connectivity index (χ0n) is 14.8. The van der Waals surface area contributed by atoms with Gasteiger partial charge in [-0.1, -0.05) is 24.3 Å². The Balaban J connectivity index is 1.94. The Hall–Kier alpha value is -3.35. The van der Waals surface area contributed by atoms with Crippen LogP contribution < -0.4 is 16.0 Å². The molecule has 0 radical (unpaired) electrons. The highest BCUT2D eigenvalue weighted by atomic mass is 16.6. The average Bonchev–Trinajstić information content (AvgIpc) is 2.54. The van der Waals surface area contributed by atoms with Gasteiger partial charge in [0.1, 0.15) is 5.60 Å². The van der Waals surface area contributed by atoms with Crippen molar-refractivity contribution >= 4 is 29.4 Å².